The molecule has 0 bridgehead atoms. The molecule has 0 spiro atoms. The van der Waals surface area contributed by atoms with Gasteiger partial charge in [0, 0.05) is 12.2 Å². The van der Waals surface area contributed by atoms with Crippen LogP contribution in [0.2, 0.25) is 0 Å². The highest BCUT2D eigenvalue weighted by molar-refractivity contribution is 5.98. The molecule has 1 aromatic rings. The predicted molar refractivity (Wildman–Crippen MR) is 84.5 cm³/mol. The Hall–Kier alpha value is -2.44. The van der Waals surface area contributed by atoms with E-state index in [9.17, 15) is 18.0 Å². The van der Waals surface area contributed by atoms with E-state index in [1.54, 1.807) is 18.4 Å². The van der Waals surface area contributed by atoms with Crippen molar-refractivity contribution >= 4 is 5.91 Å². The number of halogens is 3. The zero-order valence-corrected chi connectivity index (χ0v) is 13.4. The molecule has 0 radical (unpaired) electrons. The van der Waals surface area contributed by atoms with Crippen molar-refractivity contribution in [2.45, 2.75) is 20.0 Å². The Morgan fingerprint density at radius 3 is 2.71 bits per heavy atom. The summed E-state index contributed by atoms with van der Waals surface area (Å²) in [6.45, 7) is 4.66. The predicted octanol–water partition coefficient (Wildman–Crippen LogP) is 3.47. The fourth-order valence-corrected chi connectivity index (χ4v) is 2.01. The van der Waals surface area contributed by atoms with Crippen LogP contribution in [0.5, 0.6) is 5.75 Å². The van der Waals surface area contributed by atoms with E-state index in [1.165, 1.54) is 6.07 Å². The first-order chi connectivity index (χ1) is 11.3. The summed E-state index contributed by atoms with van der Waals surface area (Å²) < 4.78 is 44.3. The first-order valence-electron chi connectivity index (χ1n) is 7.53. The number of ether oxygens (including phenoxy) is 1. The number of allylic oxidation sites excluding steroid dienone is 1. The molecule has 2 N–H and O–H groups in total. The van der Waals surface area contributed by atoms with E-state index < -0.39 is 17.6 Å². The maximum atomic E-state index is 12.9. The summed E-state index contributed by atoms with van der Waals surface area (Å²) in [4.78, 5) is 12.4. The van der Waals surface area contributed by atoms with Gasteiger partial charge in [-0.05, 0) is 42.5 Å². The number of hydrogen-bond donors (Lipinski definition) is 2. The largest absolute Gasteiger partial charge is 0.492 e. The molecule has 0 fully saturated rings. The number of dihydropyridines is 1. The number of carbonyl (C=O) groups excluding carboxylic acids is 1. The molecule has 130 valence electrons. The third-order valence-corrected chi connectivity index (χ3v) is 3.20. The summed E-state index contributed by atoms with van der Waals surface area (Å²) >= 11 is 0. The molecule has 4 nitrogen and oxygen atoms in total. The van der Waals surface area contributed by atoms with E-state index in [2.05, 4.69) is 10.6 Å². The Morgan fingerprint density at radius 2 is 2.12 bits per heavy atom. The molecule has 24 heavy (non-hydrogen) atoms. The summed E-state index contributed by atoms with van der Waals surface area (Å²) in [7, 11) is 0. The van der Waals surface area contributed by atoms with Crippen molar-refractivity contribution < 1.29 is 22.7 Å². The van der Waals surface area contributed by atoms with Crippen LogP contribution < -0.4 is 15.4 Å². The second kappa shape index (κ2) is 7.42. The topological polar surface area (TPSA) is 50.4 Å². The molecule has 2 rings (SSSR count). The highest BCUT2D eigenvalue weighted by Crippen LogP contribution is 2.32. The molecule has 0 saturated carbocycles. The van der Waals surface area contributed by atoms with E-state index >= 15 is 0 Å². The quantitative estimate of drug-likeness (QED) is 0.863. The molecular formula is C17H19F3N2O2. The molecule has 0 unspecified atom stereocenters. The van der Waals surface area contributed by atoms with Gasteiger partial charge in [-0.25, -0.2) is 0 Å². The SMILES string of the molecule is CC(C)COc1ccc(C(F)(F)F)cc1C(=O)NC1=CCNC=C1. The van der Waals surface area contributed by atoms with Gasteiger partial charge in [-0.2, -0.15) is 13.2 Å². The van der Waals surface area contributed by atoms with Gasteiger partial charge < -0.3 is 15.4 Å². The summed E-state index contributed by atoms with van der Waals surface area (Å²) in [5.41, 5.74) is -0.511. The van der Waals surface area contributed by atoms with E-state index in [0.717, 1.165) is 12.1 Å². The molecule has 1 heterocycles. The van der Waals surface area contributed by atoms with E-state index in [-0.39, 0.29) is 17.2 Å². The molecule has 1 aliphatic rings. The van der Waals surface area contributed by atoms with Crippen LogP contribution in [-0.2, 0) is 6.18 Å². The Balaban J connectivity index is 2.29. The molecule has 1 amide bonds. The lowest BCUT2D eigenvalue weighted by atomic mass is 10.1. The van der Waals surface area contributed by atoms with Crippen molar-refractivity contribution in [1.29, 1.82) is 0 Å². The van der Waals surface area contributed by atoms with Crippen LogP contribution >= 0.6 is 0 Å². The van der Waals surface area contributed by atoms with Gasteiger partial charge in [0.1, 0.15) is 5.75 Å². The lowest BCUT2D eigenvalue weighted by Gasteiger charge is -2.16. The van der Waals surface area contributed by atoms with Crippen molar-refractivity contribution in [1.82, 2.24) is 10.6 Å². The molecule has 0 saturated heterocycles. The zero-order valence-electron chi connectivity index (χ0n) is 13.4. The van der Waals surface area contributed by atoms with Crippen LogP contribution in [-0.4, -0.2) is 19.1 Å². The Labute approximate surface area is 138 Å². The fraction of sp³-hybridized carbons (Fsp3) is 0.353. The van der Waals surface area contributed by atoms with Crippen molar-refractivity contribution in [2.24, 2.45) is 5.92 Å². The van der Waals surface area contributed by atoms with Crippen molar-refractivity contribution in [3.05, 3.63) is 53.4 Å². The highest BCUT2D eigenvalue weighted by atomic mass is 19.4. The van der Waals surface area contributed by atoms with Crippen LogP contribution in [0.25, 0.3) is 0 Å². The Kier molecular flexibility index (Phi) is 5.54. The van der Waals surface area contributed by atoms with Crippen molar-refractivity contribution in [3.8, 4) is 5.75 Å². The number of alkyl halides is 3. The maximum absolute atomic E-state index is 12.9. The van der Waals surface area contributed by atoms with Crippen LogP contribution in [0, 0.1) is 5.92 Å². The van der Waals surface area contributed by atoms with E-state index in [0.29, 0.717) is 18.8 Å². The standard InChI is InChI=1S/C17H19F3N2O2/c1-11(2)10-24-15-4-3-12(17(18,19)20)9-14(15)16(23)22-13-5-7-21-8-6-13/h3-7,9,11,21H,8,10H2,1-2H3,(H,22,23). The first kappa shape index (κ1) is 17.9. The third-order valence-electron chi connectivity index (χ3n) is 3.20. The second-order valence-corrected chi connectivity index (χ2v) is 5.77. The molecule has 0 atom stereocenters. The average molecular weight is 340 g/mol. The molecule has 0 aromatic heterocycles. The number of hydrogen-bond acceptors (Lipinski definition) is 3. The summed E-state index contributed by atoms with van der Waals surface area (Å²) in [6, 6.07) is 2.92. The van der Waals surface area contributed by atoms with Gasteiger partial charge in [0.05, 0.1) is 17.7 Å². The number of amides is 1. The van der Waals surface area contributed by atoms with Crippen LogP contribution in [0.4, 0.5) is 13.2 Å². The molecule has 0 aliphatic carbocycles. The van der Waals surface area contributed by atoms with Gasteiger partial charge in [0.15, 0.2) is 0 Å². The normalized spacial score (nSPS) is 14.2. The smallest absolute Gasteiger partial charge is 0.416 e. The minimum Gasteiger partial charge on any atom is -0.492 e. The van der Waals surface area contributed by atoms with E-state index in [4.69, 9.17) is 4.74 Å². The van der Waals surface area contributed by atoms with Crippen molar-refractivity contribution in [3.63, 3.8) is 0 Å². The average Bonchev–Trinajstić information content (AvgIpc) is 2.52. The van der Waals surface area contributed by atoms with Crippen LogP contribution in [0.1, 0.15) is 29.8 Å². The van der Waals surface area contributed by atoms with Crippen LogP contribution in [0.15, 0.2) is 42.2 Å². The second-order valence-electron chi connectivity index (χ2n) is 5.77. The number of nitrogens with one attached hydrogen (secondary N) is 2. The Morgan fingerprint density at radius 1 is 1.38 bits per heavy atom. The Bertz CT molecular complexity index is 664. The van der Waals surface area contributed by atoms with Crippen molar-refractivity contribution in [2.75, 3.05) is 13.2 Å². The number of rotatable bonds is 5. The zero-order chi connectivity index (χ0) is 17.7. The molecule has 1 aromatic carbocycles. The van der Waals surface area contributed by atoms with Gasteiger partial charge in [-0.3, -0.25) is 4.79 Å². The van der Waals surface area contributed by atoms with Gasteiger partial charge in [-0.1, -0.05) is 13.8 Å². The molecule has 1 aliphatic heterocycles. The number of carbonyl (C=O) groups is 1. The fourth-order valence-electron chi connectivity index (χ4n) is 2.01. The molecule has 7 heteroatoms. The monoisotopic (exact) mass is 340 g/mol. The maximum Gasteiger partial charge on any atom is 0.416 e. The van der Waals surface area contributed by atoms with Crippen LogP contribution in [0.3, 0.4) is 0 Å². The summed E-state index contributed by atoms with van der Waals surface area (Å²) in [5.74, 6) is -0.330. The van der Waals surface area contributed by atoms with Gasteiger partial charge in [0.2, 0.25) is 0 Å². The lowest BCUT2D eigenvalue weighted by molar-refractivity contribution is -0.137. The molecular weight excluding hydrogens is 321 g/mol. The minimum absolute atomic E-state index is 0.132. The lowest BCUT2D eigenvalue weighted by Crippen LogP contribution is -2.26. The van der Waals surface area contributed by atoms with Gasteiger partial charge in [-0.15, -0.1) is 0 Å². The summed E-state index contributed by atoms with van der Waals surface area (Å²) in [5, 5.41) is 5.51. The summed E-state index contributed by atoms with van der Waals surface area (Å²) in [6.07, 6.45) is 0.473. The third kappa shape index (κ3) is 4.78. The van der Waals surface area contributed by atoms with E-state index in [1.807, 2.05) is 13.8 Å². The van der Waals surface area contributed by atoms with Gasteiger partial charge >= 0.3 is 6.18 Å². The minimum atomic E-state index is -4.53. The first-order valence-corrected chi connectivity index (χ1v) is 7.53. The number of benzene rings is 1. The van der Waals surface area contributed by atoms with Gasteiger partial charge in [0.25, 0.3) is 5.91 Å². The highest BCUT2D eigenvalue weighted by Gasteiger charge is 2.32.